The Morgan fingerprint density at radius 3 is 2.48 bits per heavy atom. The molecule has 1 amide bonds. The fraction of sp³-hybridized carbons (Fsp3) is 0.150. The predicted octanol–water partition coefficient (Wildman–Crippen LogP) is 2.39. The number of benzene rings is 2. The van der Waals surface area contributed by atoms with E-state index in [4.69, 9.17) is 4.42 Å². The first-order chi connectivity index (χ1) is 14.8. The lowest BCUT2D eigenvalue weighted by molar-refractivity contribution is -0.384. The molecule has 0 atom stereocenters. The highest BCUT2D eigenvalue weighted by atomic mass is 32.2. The number of nitrogens with zero attached hydrogens (tertiary/aromatic N) is 1. The van der Waals surface area contributed by atoms with Crippen molar-refractivity contribution < 1.29 is 22.6 Å². The molecule has 0 spiro atoms. The summed E-state index contributed by atoms with van der Waals surface area (Å²) in [6, 6.07) is 16.0. The molecule has 1 heterocycles. The van der Waals surface area contributed by atoms with Crippen molar-refractivity contribution in [1.29, 1.82) is 0 Å². The van der Waals surface area contributed by atoms with Gasteiger partial charge in [0, 0.05) is 12.6 Å². The van der Waals surface area contributed by atoms with Gasteiger partial charge < -0.3 is 15.1 Å². The van der Waals surface area contributed by atoms with E-state index in [-0.39, 0.29) is 23.7 Å². The van der Waals surface area contributed by atoms with E-state index in [1.165, 1.54) is 18.4 Å². The number of nitrogens with one attached hydrogen (secondary N) is 3. The van der Waals surface area contributed by atoms with Crippen molar-refractivity contribution in [2.45, 2.75) is 18.0 Å². The molecule has 11 heteroatoms. The van der Waals surface area contributed by atoms with Crippen LogP contribution in [0.5, 0.6) is 0 Å². The molecule has 0 radical (unpaired) electrons. The largest absolute Gasteiger partial charge is 0.467 e. The van der Waals surface area contributed by atoms with Crippen LogP contribution in [0.25, 0.3) is 0 Å². The molecule has 162 valence electrons. The Hall–Kier alpha value is -3.70. The maximum absolute atomic E-state index is 12.5. The Morgan fingerprint density at radius 1 is 1.03 bits per heavy atom. The Kier molecular flexibility index (Phi) is 7.00. The second-order valence-electron chi connectivity index (χ2n) is 6.46. The minimum absolute atomic E-state index is 0.140. The van der Waals surface area contributed by atoms with E-state index in [0.717, 1.165) is 11.6 Å². The lowest BCUT2D eigenvalue weighted by Crippen LogP contribution is -2.36. The van der Waals surface area contributed by atoms with E-state index < -0.39 is 33.1 Å². The van der Waals surface area contributed by atoms with Gasteiger partial charge in [0.2, 0.25) is 15.9 Å². The van der Waals surface area contributed by atoms with E-state index in [2.05, 4.69) is 15.4 Å². The number of rotatable bonds is 10. The molecule has 3 aromatic rings. The van der Waals surface area contributed by atoms with E-state index in [1.807, 2.05) is 30.3 Å². The Morgan fingerprint density at radius 2 is 1.81 bits per heavy atom. The first-order valence-electron chi connectivity index (χ1n) is 9.20. The number of carbonyl (C=O) groups excluding carboxylic acids is 1. The van der Waals surface area contributed by atoms with Gasteiger partial charge in [0.05, 0.1) is 29.2 Å². The number of nitro benzene ring substituents is 1. The zero-order valence-corrected chi connectivity index (χ0v) is 17.1. The van der Waals surface area contributed by atoms with Crippen LogP contribution < -0.4 is 15.4 Å². The monoisotopic (exact) mass is 444 g/mol. The van der Waals surface area contributed by atoms with E-state index >= 15 is 0 Å². The van der Waals surface area contributed by atoms with E-state index in [9.17, 15) is 23.3 Å². The summed E-state index contributed by atoms with van der Waals surface area (Å²) >= 11 is 0. The third kappa shape index (κ3) is 6.14. The number of furan rings is 1. The molecular formula is C20H20N4O6S. The topological polar surface area (TPSA) is 144 Å². The van der Waals surface area contributed by atoms with Crippen molar-refractivity contribution in [3.8, 4) is 0 Å². The average molecular weight is 444 g/mol. The molecule has 2 aromatic carbocycles. The Labute approximate surface area is 178 Å². The van der Waals surface area contributed by atoms with Crippen LogP contribution in [0.2, 0.25) is 0 Å². The van der Waals surface area contributed by atoms with Crippen molar-refractivity contribution >= 4 is 27.3 Å². The van der Waals surface area contributed by atoms with Crippen LogP contribution >= 0.6 is 0 Å². The molecular weight excluding hydrogens is 424 g/mol. The predicted molar refractivity (Wildman–Crippen MR) is 113 cm³/mol. The summed E-state index contributed by atoms with van der Waals surface area (Å²) in [4.78, 5) is 22.4. The van der Waals surface area contributed by atoms with Gasteiger partial charge in [-0.15, -0.1) is 0 Å². The van der Waals surface area contributed by atoms with Gasteiger partial charge in [0.1, 0.15) is 11.4 Å². The van der Waals surface area contributed by atoms with Crippen molar-refractivity contribution in [3.05, 3.63) is 88.4 Å². The molecule has 3 N–H and O–H groups in total. The highest BCUT2D eigenvalue weighted by molar-refractivity contribution is 7.89. The maximum atomic E-state index is 12.5. The van der Waals surface area contributed by atoms with Crippen LogP contribution in [0.1, 0.15) is 11.3 Å². The second kappa shape index (κ2) is 9.87. The maximum Gasteiger partial charge on any atom is 0.293 e. The van der Waals surface area contributed by atoms with Crippen LogP contribution in [0.4, 0.5) is 11.4 Å². The van der Waals surface area contributed by atoms with Crippen molar-refractivity contribution in [3.63, 3.8) is 0 Å². The molecule has 0 bridgehead atoms. The summed E-state index contributed by atoms with van der Waals surface area (Å²) < 4.78 is 32.3. The molecule has 31 heavy (non-hydrogen) atoms. The summed E-state index contributed by atoms with van der Waals surface area (Å²) in [6.45, 7) is -0.0514. The number of amides is 1. The first kappa shape index (κ1) is 22.0. The number of carbonyl (C=O) groups is 1. The van der Waals surface area contributed by atoms with E-state index in [0.29, 0.717) is 5.76 Å². The molecule has 3 rings (SSSR count). The fourth-order valence-electron chi connectivity index (χ4n) is 2.68. The van der Waals surface area contributed by atoms with Crippen molar-refractivity contribution in [1.82, 2.24) is 10.0 Å². The van der Waals surface area contributed by atoms with Crippen LogP contribution in [-0.2, 0) is 27.9 Å². The normalized spacial score (nSPS) is 11.1. The quantitative estimate of drug-likeness (QED) is 0.322. The van der Waals surface area contributed by atoms with Crippen LogP contribution in [0, 0.1) is 10.1 Å². The zero-order chi connectivity index (χ0) is 22.3. The van der Waals surface area contributed by atoms with Gasteiger partial charge in [-0.25, -0.2) is 13.1 Å². The van der Waals surface area contributed by atoms with Gasteiger partial charge >= 0.3 is 0 Å². The SMILES string of the molecule is O=C(CNS(=O)(=O)c1ccc(NCc2ccco2)c([N+](=O)[O-])c1)NCc1ccccc1. The Balaban J connectivity index is 1.63. The molecule has 0 saturated carbocycles. The standard InChI is InChI=1S/C20H20N4O6S/c25-20(22-12-15-5-2-1-3-6-15)14-23-31(28,29)17-8-9-18(19(11-17)24(26)27)21-13-16-7-4-10-30-16/h1-11,21,23H,12-14H2,(H,22,25). The smallest absolute Gasteiger partial charge is 0.293 e. The van der Waals surface area contributed by atoms with Crippen molar-refractivity contribution in [2.75, 3.05) is 11.9 Å². The minimum Gasteiger partial charge on any atom is -0.467 e. The molecule has 0 saturated heterocycles. The zero-order valence-electron chi connectivity index (χ0n) is 16.3. The molecule has 0 aliphatic heterocycles. The van der Waals surface area contributed by atoms with Crippen LogP contribution in [-0.4, -0.2) is 25.8 Å². The van der Waals surface area contributed by atoms with Gasteiger partial charge in [-0.2, -0.15) is 0 Å². The molecule has 0 aliphatic carbocycles. The van der Waals surface area contributed by atoms with Crippen LogP contribution in [0.15, 0.2) is 76.2 Å². The second-order valence-corrected chi connectivity index (χ2v) is 8.22. The molecule has 0 aliphatic rings. The number of anilines is 1. The minimum atomic E-state index is -4.13. The van der Waals surface area contributed by atoms with Crippen molar-refractivity contribution in [2.24, 2.45) is 0 Å². The summed E-state index contributed by atoms with van der Waals surface area (Å²) in [7, 11) is -4.13. The molecule has 0 fully saturated rings. The summed E-state index contributed by atoms with van der Waals surface area (Å²) in [5.41, 5.74) is 0.593. The molecule has 1 aromatic heterocycles. The number of hydrogen-bond acceptors (Lipinski definition) is 7. The lowest BCUT2D eigenvalue weighted by Gasteiger charge is -2.10. The summed E-state index contributed by atoms with van der Waals surface area (Å²) in [5, 5.41) is 16.9. The van der Waals surface area contributed by atoms with Gasteiger partial charge in [-0.05, 0) is 29.8 Å². The number of sulfonamides is 1. The highest BCUT2D eigenvalue weighted by Crippen LogP contribution is 2.28. The van der Waals surface area contributed by atoms with Gasteiger partial charge in [0.25, 0.3) is 5.69 Å². The van der Waals surface area contributed by atoms with Gasteiger partial charge in [-0.1, -0.05) is 30.3 Å². The third-order valence-electron chi connectivity index (χ3n) is 4.26. The Bertz CT molecular complexity index is 1150. The van der Waals surface area contributed by atoms with Gasteiger partial charge in [0.15, 0.2) is 0 Å². The molecule has 0 unspecified atom stereocenters. The lowest BCUT2D eigenvalue weighted by atomic mass is 10.2. The first-order valence-corrected chi connectivity index (χ1v) is 10.7. The summed E-state index contributed by atoms with van der Waals surface area (Å²) in [5.74, 6) is 0.0350. The average Bonchev–Trinajstić information content (AvgIpc) is 3.29. The number of hydrogen-bond donors (Lipinski definition) is 3. The summed E-state index contributed by atoms with van der Waals surface area (Å²) in [6.07, 6.45) is 1.47. The fourth-order valence-corrected chi connectivity index (χ4v) is 3.68. The number of nitro groups is 1. The third-order valence-corrected chi connectivity index (χ3v) is 5.66. The molecule has 10 nitrogen and oxygen atoms in total. The highest BCUT2D eigenvalue weighted by Gasteiger charge is 2.22. The van der Waals surface area contributed by atoms with Crippen LogP contribution in [0.3, 0.4) is 0 Å². The van der Waals surface area contributed by atoms with E-state index in [1.54, 1.807) is 12.1 Å². The van der Waals surface area contributed by atoms with Gasteiger partial charge in [-0.3, -0.25) is 14.9 Å².